The predicted molar refractivity (Wildman–Crippen MR) is 87.7 cm³/mol. The zero-order chi connectivity index (χ0) is 15.4. The minimum atomic E-state index is -0.112. The van der Waals surface area contributed by atoms with Gasteiger partial charge in [-0.2, -0.15) is 0 Å². The molecule has 1 aliphatic heterocycles. The lowest BCUT2D eigenvalue weighted by Crippen LogP contribution is -2.49. The summed E-state index contributed by atoms with van der Waals surface area (Å²) in [6.45, 7) is 5.87. The van der Waals surface area contributed by atoms with Crippen LogP contribution in [0.5, 0.6) is 0 Å². The maximum Gasteiger partial charge on any atom is 0.230 e. The van der Waals surface area contributed by atoms with Crippen LogP contribution in [0.1, 0.15) is 38.2 Å². The normalized spacial score (nSPS) is 20.6. The Bertz CT molecular complexity index is 489. The van der Waals surface area contributed by atoms with E-state index in [1.54, 1.807) is 0 Å². The Kier molecular flexibility index (Phi) is 5.65. The largest absolute Gasteiger partial charge is 0.341 e. The number of likely N-dealkylation sites (tertiary alicyclic amines) is 1. The van der Waals surface area contributed by atoms with Crippen LogP contribution in [-0.4, -0.2) is 37.0 Å². The fraction of sp³-hybridized carbons (Fsp3) is 0.588. The average molecular weight is 309 g/mol. The smallest absolute Gasteiger partial charge is 0.230 e. The molecule has 116 valence electrons. The molecule has 1 amide bonds. The fourth-order valence-corrected chi connectivity index (χ4v) is 3.32. The van der Waals surface area contributed by atoms with Crippen molar-refractivity contribution in [2.45, 2.75) is 38.6 Å². The van der Waals surface area contributed by atoms with Gasteiger partial charge < -0.3 is 10.2 Å². The summed E-state index contributed by atoms with van der Waals surface area (Å²) >= 11 is 6.09. The molecule has 4 heteroatoms. The Balaban J connectivity index is 2.20. The van der Waals surface area contributed by atoms with Gasteiger partial charge in [-0.25, -0.2) is 0 Å². The monoisotopic (exact) mass is 308 g/mol. The summed E-state index contributed by atoms with van der Waals surface area (Å²) in [5, 5.41) is 3.98. The third kappa shape index (κ3) is 3.98. The van der Waals surface area contributed by atoms with Crippen LogP contribution in [0.25, 0.3) is 0 Å². The van der Waals surface area contributed by atoms with E-state index < -0.39 is 0 Å². The van der Waals surface area contributed by atoms with Gasteiger partial charge >= 0.3 is 0 Å². The molecule has 1 saturated heterocycles. The van der Waals surface area contributed by atoms with E-state index in [-0.39, 0.29) is 17.7 Å². The van der Waals surface area contributed by atoms with Crippen LogP contribution in [0, 0.1) is 5.92 Å². The molecule has 1 N–H and O–H groups in total. The maximum absolute atomic E-state index is 13.0. The Morgan fingerprint density at radius 2 is 2.19 bits per heavy atom. The van der Waals surface area contributed by atoms with Crippen molar-refractivity contribution in [1.29, 1.82) is 0 Å². The number of carbonyl (C=O) groups excluding carboxylic acids is 1. The van der Waals surface area contributed by atoms with Gasteiger partial charge in [0.25, 0.3) is 0 Å². The van der Waals surface area contributed by atoms with E-state index in [1.165, 1.54) is 0 Å². The van der Waals surface area contributed by atoms with Gasteiger partial charge in [0.1, 0.15) is 0 Å². The molecule has 2 rings (SSSR count). The van der Waals surface area contributed by atoms with E-state index >= 15 is 0 Å². The number of nitrogens with zero attached hydrogens (tertiary/aromatic N) is 1. The lowest BCUT2D eigenvalue weighted by molar-refractivity contribution is -0.135. The highest BCUT2D eigenvalue weighted by Crippen LogP contribution is 2.29. The Hall–Kier alpha value is -1.06. The highest BCUT2D eigenvalue weighted by Gasteiger charge is 2.31. The molecule has 21 heavy (non-hydrogen) atoms. The summed E-state index contributed by atoms with van der Waals surface area (Å²) in [5.41, 5.74) is 1.02. The summed E-state index contributed by atoms with van der Waals surface area (Å²) in [7, 11) is 1.97. The van der Waals surface area contributed by atoms with Crippen LogP contribution in [0.2, 0.25) is 5.02 Å². The lowest BCUT2D eigenvalue weighted by atomic mass is 9.86. The lowest BCUT2D eigenvalue weighted by Gasteiger charge is -2.36. The molecule has 1 heterocycles. The molecule has 0 bridgehead atoms. The van der Waals surface area contributed by atoms with Crippen LogP contribution >= 0.6 is 11.6 Å². The topological polar surface area (TPSA) is 32.3 Å². The summed E-state index contributed by atoms with van der Waals surface area (Å²) in [6, 6.07) is 8.12. The molecule has 1 fully saturated rings. The van der Waals surface area contributed by atoms with Gasteiger partial charge in [-0.15, -0.1) is 0 Å². The minimum Gasteiger partial charge on any atom is -0.341 e. The molecule has 1 aromatic rings. The second kappa shape index (κ2) is 7.28. The van der Waals surface area contributed by atoms with E-state index in [9.17, 15) is 4.79 Å². The molecular formula is C17H25ClN2O. The van der Waals surface area contributed by atoms with Gasteiger partial charge in [0.05, 0.1) is 5.92 Å². The van der Waals surface area contributed by atoms with E-state index in [2.05, 4.69) is 19.2 Å². The number of hydrogen-bond acceptors (Lipinski definition) is 2. The van der Waals surface area contributed by atoms with Crippen molar-refractivity contribution in [3.63, 3.8) is 0 Å². The van der Waals surface area contributed by atoms with Crippen molar-refractivity contribution in [1.82, 2.24) is 10.2 Å². The molecular weight excluding hydrogens is 284 g/mol. The first-order valence-corrected chi connectivity index (χ1v) is 8.12. The second-order valence-electron chi connectivity index (χ2n) is 6.19. The van der Waals surface area contributed by atoms with Crippen LogP contribution in [-0.2, 0) is 4.79 Å². The predicted octanol–water partition coefficient (Wildman–Crippen LogP) is 3.29. The van der Waals surface area contributed by atoms with Crippen LogP contribution < -0.4 is 5.32 Å². The zero-order valence-corrected chi connectivity index (χ0v) is 13.9. The number of likely N-dealkylation sites (N-methyl/N-ethyl adjacent to an activating group) is 1. The van der Waals surface area contributed by atoms with Crippen molar-refractivity contribution < 1.29 is 4.79 Å². The minimum absolute atomic E-state index is 0.112. The highest BCUT2D eigenvalue weighted by molar-refractivity contribution is 6.30. The third-order valence-corrected chi connectivity index (χ3v) is 4.52. The van der Waals surface area contributed by atoms with Crippen molar-refractivity contribution in [3.8, 4) is 0 Å². The van der Waals surface area contributed by atoms with Gasteiger partial charge in [0.15, 0.2) is 0 Å². The number of piperidine rings is 1. The molecule has 1 aromatic carbocycles. The number of rotatable bonds is 4. The van der Waals surface area contributed by atoms with Crippen molar-refractivity contribution in [2.24, 2.45) is 5.92 Å². The van der Waals surface area contributed by atoms with Crippen molar-refractivity contribution in [3.05, 3.63) is 34.9 Å². The number of hydrogen-bond donors (Lipinski definition) is 1. The first-order chi connectivity index (χ1) is 10.0. The number of amides is 1. The quantitative estimate of drug-likeness (QED) is 0.925. The van der Waals surface area contributed by atoms with Crippen molar-refractivity contribution >= 4 is 17.5 Å². The standard InChI is InChI=1S/C17H25ClN2O/c1-12(2)16(13-6-4-7-14(18)10-13)17(21)20-9-5-8-15(11-20)19-3/h4,6-7,10,12,15-16,19H,5,8-9,11H2,1-3H3. The molecule has 0 spiro atoms. The van der Waals surface area contributed by atoms with Gasteiger partial charge in [-0.1, -0.05) is 37.6 Å². The first-order valence-electron chi connectivity index (χ1n) is 7.74. The SMILES string of the molecule is CNC1CCCN(C(=O)C(c2cccc(Cl)c2)C(C)C)C1. The van der Waals surface area contributed by atoms with E-state index in [4.69, 9.17) is 11.6 Å². The Labute approximate surface area is 132 Å². The Morgan fingerprint density at radius 1 is 1.43 bits per heavy atom. The molecule has 0 aromatic heterocycles. The first kappa shape index (κ1) is 16.3. The van der Waals surface area contributed by atoms with E-state index in [0.29, 0.717) is 11.1 Å². The molecule has 0 saturated carbocycles. The number of nitrogens with one attached hydrogen (secondary N) is 1. The van der Waals surface area contributed by atoms with E-state index in [0.717, 1.165) is 31.5 Å². The molecule has 3 nitrogen and oxygen atoms in total. The molecule has 0 aliphatic carbocycles. The summed E-state index contributed by atoms with van der Waals surface area (Å²) < 4.78 is 0. The molecule has 0 radical (unpaired) electrons. The van der Waals surface area contributed by atoms with Crippen LogP contribution in [0.15, 0.2) is 24.3 Å². The zero-order valence-electron chi connectivity index (χ0n) is 13.1. The van der Waals surface area contributed by atoms with Crippen LogP contribution in [0.3, 0.4) is 0 Å². The van der Waals surface area contributed by atoms with E-state index in [1.807, 2.05) is 36.2 Å². The summed E-state index contributed by atoms with van der Waals surface area (Å²) in [6.07, 6.45) is 2.21. The molecule has 2 unspecified atom stereocenters. The average Bonchev–Trinajstić information content (AvgIpc) is 2.47. The molecule has 2 atom stereocenters. The van der Waals surface area contributed by atoms with Gasteiger partial charge in [-0.3, -0.25) is 4.79 Å². The second-order valence-corrected chi connectivity index (χ2v) is 6.63. The van der Waals surface area contributed by atoms with Gasteiger partial charge in [0, 0.05) is 24.2 Å². The third-order valence-electron chi connectivity index (χ3n) is 4.28. The number of halogens is 1. The number of carbonyl (C=O) groups is 1. The maximum atomic E-state index is 13.0. The molecule has 1 aliphatic rings. The van der Waals surface area contributed by atoms with Gasteiger partial charge in [-0.05, 0) is 43.5 Å². The fourth-order valence-electron chi connectivity index (χ4n) is 3.12. The van der Waals surface area contributed by atoms with Crippen LogP contribution in [0.4, 0.5) is 0 Å². The van der Waals surface area contributed by atoms with Gasteiger partial charge in [0.2, 0.25) is 5.91 Å². The van der Waals surface area contributed by atoms with Crippen molar-refractivity contribution in [2.75, 3.05) is 20.1 Å². The summed E-state index contributed by atoms with van der Waals surface area (Å²) in [4.78, 5) is 15.0. The summed E-state index contributed by atoms with van der Waals surface area (Å²) in [5.74, 6) is 0.373. The Morgan fingerprint density at radius 3 is 2.81 bits per heavy atom. The highest BCUT2D eigenvalue weighted by atomic mass is 35.5. The number of benzene rings is 1.